The Labute approximate surface area is 83.6 Å². The minimum atomic E-state index is -3.95. The van der Waals surface area contributed by atoms with E-state index in [-0.39, 0.29) is 24.3 Å². The van der Waals surface area contributed by atoms with E-state index in [0.717, 1.165) is 6.42 Å². The Bertz CT molecular complexity index is 226. The smallest absolute Gasteiger partial charge is 0.325 e. The second-order valence-electron chi connectivity index (χ2n) is 3.72. The van der Waals surface area contributed by atoms with Gasteiger partial charge in [0.05, 0.1) is 18.4 Å². The van der Waals surface area contributed by atoms with Crippen LogP contribution in [0.1, 0.15) is 13.3 Å². The second kappa shape index (κ2) is 4.73. The summed E-state index contributed by atoms with van der Waals surface area (Å²) in [5.74, 6) is -0.178. The Kier molecular flexibility index (Phi) is 4.10. The average molecular weight is 224 g/mol. The molecule has 0 amide bonds. The zero-order valence-electron chi connectivity index (χ0n) is 8.42. The lowest BCUT2D eigenvalue weighted by molar-refractivity contribution is -0.00927. The maximum Gasteiger partial charge on any atom is 0.325 e. The lowest BCUT2D eigenvalue weighted by Gasteiger charge is -2.23. The van der Waals surface area contributed by atoms with Crippen LogP contribution in [0.15, 0.2) is 0 Å². The van der Waals surface area contributed by atoms with Crippen molar-refractivity contribution in [3.8, 4) is 0 Å². The number of ether oxygens (including phenoxy) is 2. The number of hydrogen-bond acceptors (Lipinski definition) is 3. The normalized spacial score (nSPS) is 30.6. The van der Waals surface area contributed by atoms with Gasteiger partial charge >= 0.3 is 7.60 Å². The fourth-order valence-electron chi connectivity index (χ4n) is 1.85. The molecular weight excluding hydrogens is 207 g/mol. The third-order valence-corrected chi connectivity index (χ3v) is 3.52. The lowest BCUT2D eigenvalue weighted by atomic mass is 10.0. The van der Waals surface area contributed by atoms with E-state index in [4.69, 9.17) is 19.3 Å². The quantitative estimate of drug-likeness (QED) is 0.684. The molecule has 1 aliphatic rings. The predicted molar refractivity (Wildman–Crippen MR) is 51.2 cm³/mol. The van der Waals surface area contributed by atoms with Crippen molar-refractivity contribution in [1.82, 2.24) is 0 Å². The van der Waals surface area contributed by atoms with Gasteiger partial charge in [-0.2, -0.15) is 0 Å². The van der Waals surface area contributed by atoms with E-state index < -0.39 is 7.60 Å². The molecule has 0 aliphatic carbocycles. The van der Waals surface area contributed by atoms with Gasteiger partial charge in [-0.05, 0) is 12.3 Å². The van der Waals surface area contributed by atoms with Crippen LogP contribution in [-0.2, 0) is 14.0 Å². The summed E-state index contributed by atoms with van der Waals surface area (Å²) in [7, 11) is -2.35. The van der Waals surface area contributed by atoms with Gasteiger partial charge in [-0.15, -0.1) is 0 Å². The summed E-state index contributed by atoms with van der Waals surface area (Å²) >= 11 is 0. The molecule has 0 aromatic rings. The molecule has 6 heteroatoms. The molecule has 1 aliphatic heterocycles. The van der Waals surface area contributed by atoms with Crippen molar-refractivity contribution in [1.29, 1.82) is 0 Å². The summed E-state index contributed by atoms with van der Waals surface area (Å²) in [4.78, 5) is 17.6. The van der Waals surface area contributed by atoms with Gasteiger partial charge in [-0.3, -0.25) is 4.57 Å². The first-order valence-corrected chi connectivity index (χ1v) is 6.43. The second-order valence-corrected chi connectivity index (χ2v) is 5.42. The highest BCUT2D eigenvalue weighted by molar-refractivity contribution is 7.51. The molecule has 1 rings (SSSR count). The zero-order chi connectivity index (χ0) is 10.8. The first kappa shape index (κ1) is 12.1. The van der Waals surface area contributed by atoms with Gasteiger partial charge in [0.15, 0.2) is 0 Å². The van der Waals surface area contributed by atoms with E-state index in [1.165, 1.54) is 0 Å². The predicted octanol–water partition coefficient (Wildman–Crippen LogP) is 0.604. The Morgan fingerprint density at radius 3 is 2.79 bits per heavy atom. The van der Waals surface area contributed by atoms with E-state index in [1.807, 2.05) is 0 Å². The van der Waals surface area contributed by atoms with Crippen molar-refractivity contribution in [2.75, 3.05) is 19.9 Å². The highest BCUT2D eigenvalue weighted by Crippen LogP contribution is 2.39. The molecule has 1 fully saturated rings. The molecule has 1 saturated heterocycles. The van der Waals surface area contributed by atoms with Gasteiger partial charge in [0.25, 0.3) is 0 Å². The van der Waals surface area contributed by atoms with Crippen molar-refractivity contribution in [2.24, 2.45) is 5.92 Å². The van der Waals surface area contributed by atoms with Crippen LogP contribution >= 0.6 is 7.60 Å². The van der Waals surface area contributed by atoms with Crippen molar-refractivity contribution >= 4 is 7.60 Å². The molecule has 1 unspecified atom stereocenters. The Balaban J connectivity index is 2.51. The Morgan fingerprint density at radius 1 is 1.64 bits per heavy atom. The van der Waals surface area contributed by atoms with Crippen LogP contribution in [0.3, 0.4) is 0 Å². The molecule has 5 nitrogen and oxygen atoms in total. The van der Waals surface area contributed by atoms with Gasteiger partial charge in [0.1, 0.15) is 0 Å². The third kappa shape index (κ3) is 3.33. The SMILES string of the molecule is CO[C@@H]1CCOC1[C@@H](C)CP(=O)(O)O. The van der Waals surface area contributed by atoms with Gasteiger partial charge in [0.2, 0.25) is 0 Å². The largest absolute Gasteiger partial charge is 0.379 e. The lowest BCUT2D eigenvalue weighted by Crippen LogP contribution is -2.31. The Morgan fingerprint density at radius 2 is 2.29 bits per heavy atom. The number of hydrogen-bond donors (Lipinski definition) is 2. The fourth-order valence-corrected chi connectivity index (χ4v) is 2.81. The summed E-state index contributed by atoms with van der Waals surface area (Å²) in [6, 6.07) is 0. The minimum absolute atomic E-state index is 0.0310. The highest BCUT2D eigenvalue weighted by atomic mass is 31.2. The average Bonchev–Trinajstić information content (AvgIpc) is 2.47. The van der Waals surface area contributed by atoms with Crippen molar-refractivity contribution in [3.05, 3.63) is 0 Å². The molecule has 0 aromatic carbocycles. The minimum Gasteiger partial charge on any atom is -0.379 e. The van der Waals surface area contributed by atoms with E-state index >= 15 is 0 Å². The van der Waals surface area contributed by atoms with Crippen LogP contribution in [0.5, 0.6) is 0 Å². The zero-order valence-corrected chi connectivity index (χ0v) is 9.31. The van der Waals surface area contributed by atoms with Gasteiger partial charge in [-0.25, -0.2) is 0 Å². The maximum atomic E-state index is 10.8. The van der Waals surface area contributed by atoms with E-state index in [9.17, 15) is 4.57 Å². The molecule has 3 atom stereocenters. The standard InChI is InChI=1S/C8H17O5P/c1-6(5-14(9,10)11)8-7(12-2)3-4-13-8/h6-8H,3-5H2,1-2H3,(H2,9,10,11)/t6-,7+,8?/m0/s1. The summed E-state index contributed by atoms with van der Waals surface area (Å²) in [6.07, 6.45) is 0.439. The molecule has 2 N–H and O–H groups in total. The van der Waals surface area contributed by atoms with Crippen LogP contribution < -0.4 is 0 Å². The summed E-state index contributed by atoms with van der Waals surface area (Å²) in [6.45, 7) is 2.38. The molecule has 0 saturated carbocycles. The topological polar surface area (TPSA) is 76.0 Å². The molecule has 0 radical (unpaired) electrons. The first-order valence-electron chi connectivity index (χ1n) is 4.63. The summed E-state index contributed by atoms with van der Waals surface area (Å²) in [5, 5.41) is 0. The fraction of sp³-hybridized carbons (Fsp3) is 1.00. The number of methoxy groups -OCH3 is 1. The molecule has 0 bridgehead atoms. The number of rotatable bonds is 4. The maximum absolute atomic E-state index is 10.8. The molecule has 0 aromatic heterocycles. The highest BCUT2D eigenvalue weighted by Gasteiger charge is 2.35. The van der Waals surface area contributed by atoms with Crippen LogP contribution in [0, 0.1) is 5.92 Å². The van der Waals surface area contributed by atoms with Crippen LogP contribution in [-0.4, -0.2) is 41.9 Å². The molecule has 84 valence electrons. The first-order chi connectivity index (χ1) is 6.44. The van der Waals surface area contributed by atoms with Crippen molar-refractivity contribution < 1.29 is 23.8 Å². The Hall–Kier alpha value is 0.0700. The van der Waals surface area contributed by atoms with Crippen LogP contribution in [0.4, 0.5) is 0 Å². The van der Waals surface area contributed by atoms with Gasteiger partial charge < -0.3 is 19.3 Å². The van der Waals surface area contributed by atoms with Crippen LogP contribution in [0.2, 0.25) is 0 Å². The van der Waals surface area contributed by atoms with Crippen molar-refractivity contribution in [3.63, 3.8) is 0 Å². The third-order valence-electron chi connectivity index (χ3n) is 2.47. The molecule has 14 heavy (non-hydrogen) atoms. The van der Waals surface area contributed by atoms with Crippen LogP contribution in [0.25, 0.3) is 0 Å². The van der Waals surface area contributed by atoms with E-state index in [1.54, 1.807) is 14.0 Å². The van der Waals surface area contributed by atoms with Crippen molar-refractivity contribution in [2.45, 2.75) is 25.6 Å². The monoisotopic (exact) mass is 224 g/mol. The van der Waals surface area contributed by atoms with Gasteiger partial charge in [0, 0.05) is 13.7 Å². The van der Waals surface area contributed by atoms with E-state index in [0.29, 0.717) is 6.61 Å². The van der Waals surface area contributed by atoms with E-state index in [2.05, 4.69) is 0 Å². The molecule has 1 heterocycles. The summed E-state index contributed by atoms with van der Waals surface area (Å²) in [5.41, 5.74) is 0. The summed E-state index contributed by atoms with van der Waals surface area (Å²) < 4.78 is 21.4. The molecule has 0 spiro atoms. The molecular formula is C8H17O5P. The van der Waals surface area contributed by atoms with Gasteiger partial charge in [-0.1, -0.05) is 6.92 Å².